The number of benzene rings is 2. The first-order valence-corrected chi connectivity index (χ1v) is 9.23. The molecule has 0 aliphatic heterocycles. The lowest BCUT2D eigenvalue weighted by molar-refractivity contribution is 0.340. The van der Waals surface area contributed by atoms with E-state index in [9.17, 15) is 0 Å². The molecule has 0 amide bonds. The predicted octanol–water partition coefficient (Wildman–Crippen LogP) is 4.31. The molecule has 0 spiro atoms. The van der Waals surface area contributed by atoms with Crippen molar-refractivity contribution in [2.45, 2.75) is 12.7 Å². The van der Waals surface area contributed by atoms with E-state index in [1.165, 1.54) is 5.56 Å². The quantitative estimate of drug-likeness (QED) is 0.550. The lowest BCUT2D eigenvalue weighted by Crippen LogP contribution is -2.30. The fraction of sp³-hybridized carbons (Fsp3) is 0.278. The number of ether oxygens (including phenoxy) is 1. The van der Waals surface area contributed by atoms with E-state index in [0.29, 0.717) is 11.7 Å². The summed E-state index contributed by atoms with van der Waals surface area (Å²) in [6.45, 7) is 3.49. The largest absolute Gasteiger partial charge is 0.494 e. The Labute approximate surface area is 147 Å². The van der Waals surface area contributed by atoms with E-state index in [0.717, 1.165) is 29.5 Å². The lowest BCUT2D eigenvalue weighted by atomic mass is 10.2. The van der Waals surface area contributed by atoms with Crippen molar-refractivity contribution in [2.24, 2.45) is 0 Å². The van der Waals surface area contributed by atoms with Crippen LogP contribution in [0.15, 0.2) is 54.6 Å². The topological polar surface area (TPSA) is 33.3 Å². The summed E-state index contributed by atoms with van der Waals surface area (Å²) in [5, 5.41) is 7.05. The average molecular weight is 347 g/mol. The van der Waals surface area contributed by atoms with Crippen LogP contribution in [0.2, 0.25) is 0 Å². The van der Waals surface area contributed by atoms with Crippen molar-refractivity contribution in [1.82, 2.24) is 5.32 Å². The van der Waals surface area contributed by atoms with Crippen LogP contribution in [-0.2, 0) is 5.75 Å². The van der Waals surface area contributed by atoms with Crippen LogP contribution in [0.3, 0.4) is 0 Å². The number of hydrogen-bond acceptors (Lipinski definition) is 3. The molecule has 0 heterocycles. The van der Waals surface area contributed by atoms with Crippen LogP contribution in [0.4, 0.5) is 5.69 Å². The molecule has 0 atom stereocenters. The van der Waals surface area contributed by atoms with Gasteiger partial charge in [0.1, 0.15) is 5.75 Å². The molecule has 0 radical (unpaired) electrons. The van der Waals surface area contributed by atoms with Crippen LogP contribution in [0.1, 0.15) is 12.5 Å². The zero-order chi connectivity index (χ0) is 16.3. The van der Waals surface area contributed by atoms with E-state index in [1.807, 2.05) is 49.0 Å². The molecule has 0 fully saturated rings. The fourth-order valence-electron chi connectivity index (χ4n) is 1.98. The zero-order valence-electron chi connectivity index (χ0n) is 13.2. The van der Waals surface area contributed by atoms with Crippen LogP contribution in [0.5, 0.6) is 5.75 Å². The maximum Gasteiger partial charge on any atom is 0.170 e. The summed E-state index contributed by atoms with van der Waals surface area (Å²) in [6, 6.07) is 18.3. The highest BCUT2D eigenvalue weighted by Gasteiger charge is 1.99. The number of rotatable bonds is 8. The number of thioether (sulfide) groups is 1. The second-order valence-electron chi connectivity index (χ2n) is 4.88. The van der Waals surface area contributed by atoms with Crippen LogP contribution in [0, 0.1) is 0 Å². The third kappa shape index (κ3) is 6.93. The van der Waals surface area contributed by atoms with Gasteiger partial charge in [-0.15, -0.1) is 0 Å². The predicted molar refractivity (Wildman–Crippen MR) is 104 cm³/mol. The van der Waals surface area contributed by atoms with Crippen molar-refractivity contribution in [3.8, 4) is 5.75 Å². The van der Waals surface area contributed by atoms with Gasteiger partial charge < -0.3 is 15.4 Å². The van der Waals surface area contributed by atoms with Crippen molar-refractivity contribution in [3.05, 3.63) is 60.2 Å². The summed E-state index contributed by atoms with van der Waals surface area (Å²) >= 11 is 7.20. The van der Waals surface area contributed by atoms with Gasteiger partial charge in [-0.3, -0.25) is 0 Å². The molecule has 0 saturated carbocycles. The van der Waals surface area contributed by atoms with Crippen molar-refractivity contribution < 1.29 is 4.74 Å². The van der Waals surface area contributed by atoms with Crippen LogP contribution in [0.25, 0.3) is 0 Å². The molecule has 0 aliphatic carbocycles. The average Bonchev–Trinajstić information content (AvgIpc) is 2.57. The van der Waals surface area contributed by atoms with Crippen LogP contribution < -0.4 is 15.4 Å². The minimum Gasteiger partial charge on any atom is -0.494 e. The number of hydrogen-bond donors (Lipinski definition) is 2. The van der Waals surface area contributed by atoms with Crippen LogP contribution in [-0.4, -0.2) is 24.0 Å². The molecule has 0 bridgehead atoms. The summed E-state index contributed by atoms with van der Waals surface area (Å²) < 4.78 is 5.42. The van der Waals surface area contributed by atoms with E-state index in [1.54, 1.807) is 0 Å². The van der Waals surface area contributed by atoms with Crippen molar-refractivity contribution in [1.29, 1.82) is 0 Å². The van der Waals surface area contributed by atoms with E-state index in [2.05, 4.69) is 34.9 Å². The Morgan fingerprint density at radius 2 is 1.83 bits per heavy atom. The maximum absolute atomic E-state index is 5.42. The molecule has 2 aromatic rings. The number of anilines is 1. The van der Waals surface area contributed by atoms with Gasteiger partial charge in [-0.2, -0.15) is 11.8 Å². The Balaban J connectivity index is 1.61. The Kier molecular flexibility index (Phi) is 7.77. The third-order valence-electron chi connectivity index (χ3n) is 3.07. The molecule has 23 heavy (non-hydrogen) atoms. The molecule has 0 unspecified atom stereocenters. The molecule has 0 aliphatic rings. The third-order valence-corrected chi connectivity index (χ3v) is 4.34. The van der Waals surface area contributed by atoms with E-state index >= 15 is 0 Å². The van der Waals surface area contributed by atoms with Gasteiger partial charge in [0.2, 0.25) is 0 Å². The molecule has 5 heteroatoms. The Morgan fingerprint density at radius 3 is 2.52 bits per heavy atom. The minimum absolute atomic E-state index is 0.648. The summed E-state index contributed by atoms with van der Waals surface area (Å²) in [5.41, 5.74) is 2.32. The summed E-state index contributed by atoms with van der Waals surface area (Å²) in [6.07, 6.45) is 0. The summed E-state index contributed by atoms with van der Waals surface area (Å²) in [5.74, 6) is 2.91. The van der Waals surface area contributed by atoms with Gasteiger partial charge in [-0.05, 0) is 49.0 Å². The Morgan fingerprint density at radius 1 is 1.09 bits per heavy atom. The Bertz CT molecular complexity index is 588. The number of thiocarbonyl (C=S) groups is 1. The zero-order valence-corrected chi connectivity index (χ0v) is 14.9. The maximum atomic E-state index is 5.42. The van der Waals surface area contributed by atoms with Crippen molar-refractivity contribution in [2.75, 3.05) is 24.2 Å². The summed E-state index contributed by atoms with van der Waals surface area (Å²) in [7, 11) is 0. The van der Waals surface area contributed by atoms with Crippen LogP contribution >= 0.6 is 24.0 Å². The van der Waals surface area contributed by atoms with Gasteiger partial charge in [0, 0.05) is 23.7 Å². The molecule has 2 rings (SSSR count). The molecular weight excluding hydrogens is 324 g/mol. The van der Waals surface area contributed by atoms with Gasteiger partial charge in [0.05, 0.1) is 6.61 Å². The molecule has 0 saturated heterocycles. The standard InChI is InChI=1S/C18H22N2OS2/c1-2-21-17-10-8-16(9-11-17)20-18(22)19-12-13-23-14-15-6-4-3-5-7-15/h3-11H,2,12-14H2,1H3,(H2,19,20,22). The molecule has 3 nitrogen and oxygen atoms in total. The van der Waals surface area contributed by atoms with E-state index in [4.69, 9.17) is 17.0 Å². The molecule has 2 N–H and O–H groups in total. The van der Waals surface area contributed by atoms with Gasteiger partial charge >= 0.3 is 0 Å². The monoisotopic (exact) mass is 346 g/mol. The second-order valence-corrected chi connectivity index (χ2v) is 6.39. The van der Waals surface area contributed by atoms with Crippen molar-refractivity contribution >= 4 is 34.8 Å². The lowest BCUT2D eigenvalue weighted by Gasteiger charge is -2.11. The van der Waals surface area contributed by atoms with E-state index in [-0.39, 0.29) is 0 Å². The highest BCUT2D eigenvalue weighted by Crippen LogP contribution is 2.15. The Hall–Kier alpha value is -1.72. The molecule has 2 aromatic carbocycles. The molecule has 0 aromatic heterocycles. The highest BCUT2D eigenvalue weighted by atomic mass is 32.2. The highest BCUT2D eigenvalue weighted by molar-refractivity contribution is 7.98. The number of nitrogens with one attached hydrogen (secondary N) is 2. The first-order valence-electron chi connectivity index (χ1n) is 7.67. The molecular formula is C18H22N2OS2. The van der Waals surface area contributed by atoms with Gasteiger partial charge in [0.15, 0.2) is 5.11 Å². The second kappa shape index (κ2) is 10.1. The summed E-state index contributed by atoms with van der Waals surface area (Å²) in [4.78, 5) is 0. The first-order chi connectivity index (χ1) is 11.3. The normalized spacial score (nSPS) is 10.1. The van der Waals surface area contributed by atoms with Gasteiger partial charge in [0.25, 0.3) is 0 Å². The van der Waals surface area contributed by atoms with E-state index < -0.39 is 0 Å². The van der Waals surface area contributed by atoms with Gasteiger partial charge in [-0.25, -0.2) is 0 Å². The SMILES string of the molecule is CCOc1ccc(NC(=S)NCCSCc2ccccc2)cc1. The fourth-order valence-corrected chi connectivity index (χ4v) is 3.02. The van der Waals surface area contributed by atoms with Gasteiger partial charge in [-0.1, -0.05) is 30.3 Å². The minimum atomic E-state index is 0.648. The first kappa shape index (κ1) is 17.6. The molecule has 122 valence electrons. The smallest absolute Gasteiger partial charge is 0.170 e. The van der Waals surface area contributed by atoms with Crippen molar-refractivity contribution in [3.63, 3.8) is 0 Å².